The lowest BCUT2D eigenvalue weighted by atomic mass is 9.84. The monoisotopic (exact) mass is 366 g/mol. The first kappa shape index (κ1) is 16.2. The van der Waals surface area contributed by atoms with E-state index in [-0.39, 0.29) is 5.78 Å². The quantitative estimate of drug-likeness (QED) is 0.841. The van der Waals surface area contributed by atoms with Gasteiger partial charge in [0.15, 0.2) is 11.4 Å². The van der Waals surface area contributed by atoms with Gasteiger partial charge in [-0.05, 0) is 47.9 Å². The van der Waals surface area contributed by atoms with Crippen molar-refractivity contribution in [3.63, 3.8) is 0 Å². The van der Waals surface area contributed by atoms with Gasteiger partial charge in [-0.1, -0.05) is 31.4 Å². The van der Waals surface area contributed by atoms with E-state index >= 15 is 0 Å². The zero-order valence-corrected chi connectivity index (χ0v) is 15.5. The van der Waals surface area contributed by atoms with E-state index in [4.69, 9.17) is 0 Å². The summed E-state index contributed by atoms with van der Waals surface area (Å²) in [5.74, 6) is 0.957. The first-order valence-electron chi connectivity index (χ1n) is 9.48. The van der Waals surface area contributed by atoms with Gasteiger partial charge in [-0.3, -0.25) is 4.79 Å². The molecule has 2 aromatic rings. The molecule has 134 valence electrons. The molecule has 1 N–H and O–H groups in total. The van der Waals surface area contributed by atoms with Gasteiger partial charge in [0, 0.05) is 18.7 Å². The molecule has 1 saturated heterocycles. The predicted octanol–water partition coefficient (Wildman–Crippen LogP) is 4.66. The lowest BCUT2D eigenvalue weighted by Crippen LogP contribution is -2.48. The first-order chi connectivity index (χ1) is 12.7. The van der Waals surface area contributed by atoms with Crippen molar-refractivity contribution in [1.29, 1.82) is 0 Å². The summed E-state index contributed by atoms with van der Waals surface area (Å²) in [5, 5.41) is 13.6. The molecule has 3 heterocycles. The Morgan fingerprint density at radius 1 is 1.12 bits per heavy atom. The van der Waals surface area contributed by atoms with Crippen LogP contribution in [0.1, 0.15) is 60.4 Å². The molecule has 0 radical (unpaired) electrons. The lowest BCUT2D eigenvalue weighted by molar-refractivity contribution is 0.0603. The van der Waals surface area contributed by atoms with E-state index in [0.29, 0.717) is 35.3 Å². The minimum Gasteiger partial charge on any atom is -0.374 e. The third-order valence-corrected chi connectivity index (χ3v) is 6.88. The van der Waals surface area contributed by atoms with Crippen LogP contribution in [-0.4, -0.2) is 28.9 Å². The maximum Gasteiger partial charge on any atom is 0.205 e. The molecular weight excluding hydrogens is 344 g/mol. The number of thiophene rings is 1. The third kappa shape index (κ3) is 2.37. The number of hydrogen-bond acceptors (Lipinski definition) is 5. The average Bonchev–Trinajstić information content (AvgIpc) is 3.28. The number of ketones is 1. The normalized spacial score (nSPS) is 25.8. The number of hydrogen-bond donors (Lipinski definition) is 1. The Morgan fingerprint density at radius 3 is 2.65 bits per heavy atom. The number of amidine groups is 1. The summed E-state index contributed by atoms with van der Waals surface area (Å²) in [5.41, 5.74) is 1.49. The van der Waals surface area contributed by atoms with E-state index in [1.165, 1.54) is 49.0 Å². The molecule has 3 aliphatic rings. The highest BCUT2D eigenvalue weighted by Crippen LogP contribution is 2.42. The van der Waals surface area contributed by atoms with Gasteiger partial charge in [0.2, 0.25) is 5.78 Å². The number of anilines is 1. The standard InChI is InChI=1S/C21H22N2O2S/c24-18-17-10-13-26-19(17)22-20-21(18,25)11-12-23(20)16-8-6-15(7-9-16)14-4-2-1-3-5-14/h6-10,13-14,25H,1-5,11-12H2. The molecule has 1 atom stereocenters. The van der Waals surface area contributed by atoms with Gasteiger partial charge in [0.1, 0.15) is 5.00 Å². The van der Waals surface area contributed by atoms with Crippen molar-refractivity contribution in [2.24, 2.45) is 4.99 Å². The highest BCUT2D eigenvalue weighted by atomic mass is 32.1. The fourth-order valence-corrected chi connectivity index (χ4v) is 5.34. The second-order valence-electron chi connectivity index (χ2n) is 7.59. The van der Waals surface area contributed by atoms with E-state index in [1.54, 1.807) is 6.07 Å². The average molecular weight is 366 g/mol. The Balaban J connectivity index is 1.47. The Morgan fingerprint density at radius 2 is 1.88 bits per heavy atom. The zero-order chi connectivity index (χ0) is 17.7. The Bertz CT molecular complexity index is 880. The molecule has 1 saturated carbocycles. The molecule has 2 fully saturated rings. The van der Waals surface area contributed by atoms with E-state index in [0.717, 1.165) is 5.69 Å². The van der Waals surface area contributed by atoms with Crippen LogP contribution in [0.2, 0.25) is 0 Å². The van der Waals surface area contributed by atoms with Crippen molar-refractivity contribution < 1.29 is 9.90 Å². The van der Waals surface area contributed by atoms with Crippen molar-refractivity contribution in [2.75, 3.05) is 11.4 Å². The summed E-state index contributed by atoms with van der Waals surface area (Å²) in [6.07, 6.45) is 6.97. The molecule has 5 rings (SSSR count). The molecule has 5 heteroatoms. The molecular formula is C21H22N2O2S. The van der Waals surface area contributed by atoms with Gasteiger partial charge >= 0.3 is 0 Å². The van der Waals surface area contributed by atoms with Crippen LogP contribution in [-0.2, 0) is 0 Å². The van der Waals surface area contributed by atoms with Gasteiger partial charge in [0.05, 0.1) is 5.56 Å². The highest BCUT2D eigenvalue weighted by molar-refractivity contribution is 7.14. The largest absolute Gasteiger partial charge is 0.374 e. The number of Topliss-reactive ketones (excluding diaryl/α,β-unsaturated/α-hetero) is 1. The number of carbonyl (C=O) groups excluding carboxylic acids is 1. The third-order valence-electron chi connectivity index (χ3n) is 6.08. The van der Waals surface area contributed by atoms with Gasteiger partial charge < -0.3 is 10.0 Å². The SMILES string of the molecule is O=C1c2ccsc2N=C2N(c3ccc(C4CCCCC4)cc3)CCC12O. The summed E-state index contributed by atoms with van der Waals surface area (Å²) in [6.45, 7) is 0.610. The number of fused-ring (bicyclic) bond motifs is 2. The van der Waals surface area contributed by atoms with Crippen LogP contribution >= 0.6 is 11.3 Å². The number of carbonyl (C=O) groups is 1. The maximum atomic E-state index is 12.8. The highest BCUT2D eigenvalue weighted by Gasteiger charge is 2.52. The van der Waals surface area contributed by atoms with Gasteiger partial charge in [-0.2, -0.15) is 0 Å². The summed E-state index contributed by atoms with van der Waals surface area (Å²) >= 11 is 1.45. The van der Waals surface area contributed by atoms with Crippen LogP contribution in [0.25, 0.3) is 0 Å². The van der Waals surface area contributed by atoms with E-state index < -0.39 is 5.60 Å². The molecule has 2 aliphatic heterocycles. The number of aliphatic imine (C=N–C) groups is 1. The predicted molar refractivity (Wildman–Crippen MR) is 105 cm³/mol. The number of nitrogens with zero attached hydrogens (tertiary/aromatic N) is 2. The topological polar surface area (TPSA) is 52.9 Å². The van der Waals surface area contributed by atoms with Crippen molar-refractivity contribution in [3.8, 4) is 0 Å². The summed E-state index contributed by atoms with van der Waals surface area (Å²) in [7, 11) is 0. The molecule has 0 spiro atoms. The fourth-order valence-electron chi connectivity index (χ4n) is 4.58. The smallest absolute Gasteiger partial charge is 0.205 e. The Kier molecular flexibility index (Phi) is 3.76. The van der Waals surface area contributed by atoms with E-state index in [9.17, 15) is 9.90 Å². The molecule has 26 heavy (non-hydrogen) atoms. The van der Waals surface area contributed by atoms with Crippen molar-refractivity contribution in [1.82, 2.24) is 0 Å². The molecule has 1 aromatic heterocycles. The summed E-state index contributed by atoms with van der Waals surface area (Å²) in [4.78, 5) is 19.4. The second-order valence-corrected chi connectivity index (χ2v) is 8.49. The van der Waals surface area contributed by atoms with Gasteiger partial charge in [-0.25, -0.2) is 4.99 Å². The number of rotatable bonds is 2. The Hall–Kier alpha value is -1.98. The van der Waals surface area contributed by atoms with Gasteiger partial charge in [0.25, 0.3) is 0 Å². The van der Waals surface area contributed by atoms with E-state index in [2.05, 4.69) is 29.3 Å². The zero-order valence-electron chi connectivity index (χ0n) is 14.6. The van der Waals surface area contributed by atoms with Crippen molar-refractivity contribution in [3.05, 3.63) is 46.8 Å². The van der Waals surface area contributed by atoms with Crippen LogP contribution in [0.15, 0.2) is 40.7 Å². The molecule has 1 unspecified atom stereocenters. The molecule has 0 amide bonds. The van der Waals surface area contributed by atoms with Gasteiger partial charge in [-0.15, -0.1) is 11.3 Å². The Labute approximate surface area is 157 Å². The van der Waals surface area contributed by atoms with Crippen LogP contribution in [0, 0.1) is 0 Å². The minimum absolute atomic E-state index is 0.208. The van der Waals surface area contributed by atoms with Crippen LogP contribution in [0.5, 0.6) is 0 Å². The van der Waals surface area contributed by atoms with Crippen molar-refractivity contribution in [2.45, 2.75) is 50.0 Å². The maximum absolute atomic E-state index is 12.8. The number of aliphatic hydroxyl groups is 1. The lowest BCUT2D eigenvalue weighted by Gasteiger charge is -2.29. The molecule has 1 aliphatic carbocycles. The van der Waals surface area contributed by atoms with E-state index in [1.807, 2.05) is 10.3 Å². The van der Waals surface area contributed by atoms with Crippen LogP contribution in [0.4, 0.5) is 10.7 Å². The molecule has 0 bridgehead atoms. The minimum atomic E-state index is -1.48. The molecule has 4 nitrogen and oxygen atoms in total. The molecule has 1 aromatic carbocycles. The summed E-state index contributed by atoms with van der Waals surface area (Å²) in [6, 6.07) is 10.4. The fraction of sp³-hybridized carbons (Fsp3) is 0.429. The number of benzene rings is 1. The summed E-state index contributed by atoms with van der Waals surface area (Å²) < 4.78 is 0. The van der Waals surface area contributed by atoms with Crippen LogP contribution in [0.3, 0.4) is 0 Å². The first-order valence-corrected chi connectivity index (χ1v) is 10.4. The van der Waals surface area contributed by atoms with Crippen LogP contribution < -0.4 is 4.90 Å². The van der Waals surface area contributed by atoms with Crippen molar-refractivity contribution >= 4 is 33.6 Å². The second kappa shape index (κ2) is 6.03.